The van der Waals surface area contributed by atoms with E-state index in [1.54, 1.807) is 42.5 Å². The van der Waals surface area contributed by atoms with Crippen LogP contribution in [0.2, 0.25) is 5.02 Å². The van der Waals surface area contributed by atoms with E-state index in [0.717, 1.165) is 0 Å². The highest BCUT2D eigenvalue weighted by molar-refractivity contribution is 6.31. The zero-order valence-corrected chi connectivity index (χ0v) is 14.0. The van der Waals surface area contributed by atoms with Gasteiger partial charge < -0.3 is 19.2 Å². The van der Waals surface area contributed by atoms with Crippen molar-refractivity contribution in [1.29, 1.82) is 0 Å². The van der Waals surface area contributed by atoms with Crippen LogP contribution in [0.1, 0.15) is 0 Å². The quantitative estimate of drug-likeness (QED) is 0.705. The van der Waals surface area contributed by atoms with Crippen molar-refractivity contribution in [2.45, 2.75) is 0 Å². The molecule has 0 amide bonds. The Morgan fingerprint density at radius 2 is 1.88 bits per heavy atom. The van der Waals surface area contributed by atoms with Gasteiger partial charge in [-0.2, -0.15) is 0 Å². The summed E-state index contributed by atoms with van der Waals surface area (Å²) in [6.45, 7) is -0.358. The smallest absolute Gasteiger partial charge is 0.343 e. The summed E-state index contributed by atoms with van der Waals surface area (Å²) in [5.41, 5.74) is -0.0312. The molecule has 1 aromatic heterocycles. The van der Waals surface area contributed by atoms with Crippen LogP contribution in [0, 0.1) is 0 Å². The third kappa shape index (κ3) is 3.75. The maximum atomic E-state index is 12.5. The van der Waals surface area contributed by atoms with Crippen LogP contribution in [-0.4, -0.2) is 24.7 Å². The number of pyridine rings is 1. The predicted molar refractivity (Wildman–Crippen MR) is 93.6 cm³/mol. The fourth-order valence-electron chi connectivity index (χ4n) is 2.25. The molecule has 1 heterocycles. The van der Waals surface area contributed by atoms with Crippen molar-refractivity contribution in [3.63, 3.8) is 0 Å². The van der Waals surface area contributed by atoms with Gasteiger partial charge in [0.1, 0.15) is 5.75 Å². The minimum Gasteiger partial charge on any atom is -0.477 e. The molecule has 7 heteroatoms. The first kappa shape index (κ1) is 16.9. The molecule has 0 aliphatic carbocycles. The molecular weight excluding hydrogens is 346 g/mol. The first-order chi connectivity index (χ1) is 12.1. The van der Waals surface area contributed by atoms with E-state index in [1.807, 2.05) is 6.07 Å². The molecule has 3 rings (SSSR count). The average molecular weight is 360 g/mol. The Balaban J connectivity index is 2.12. The van der Waals surface area contributed by atoms with E-state index in [2.05, 4.69) is 9.72 Å². The standard InChI is InChI=1S/C18H14ClNO5/c1-23-15(21)10-24-16-13-8-7-11(19)9-14(13)20-18(22)17(16)25-12-5-3-2-4-6-12/h2-9H,10H2,1H3,(H,20,22). The summed E-state index contributed by atoms with van der Waals surface area (Å²) >= 11 is 5.97. The number of hydrogen-bond donors (Lipinski definition) is 1. The number of halogens is 1. The largest absolute Gasteiger partial charge is 0.477 e. The first-order valence-corrected chi connectivity index (χ1v) is 7.74. The zero-order chi connectivity index (χ0) is 17.8. The lowest BCUT2D eigenvalue weighted by Gasteiger charge is -2.14. The van der Waals surface area contributed by atoms with Crippen LogP contribution >= 0.6 is 11.6 Å². The highest BCUT2D eigenvalue weighted by Crippen LogP contribution is 2.35. The number of aromatic amines is 1. The third-order valence-corrected chi connectivity index (χ3v) is 3.65. The van der Waals surface area contributed by atoms with Gasteiger partial charge in [-0.1, -0.05) is 29.8 Å². The van der Waals surface area contributed by atoms with Gasteiger partial charge >= 0.3 is 5.97 Å². The molecule has 0 unspecified atom stereocenters. The molecule has 0 fully saturated rings. The van der Waals surface area contributed by atoms with Gasteiger partial charge in [0.2, 0.25) is 5.75 Å². The lowest BCUT2D eigenvalue weighted by molar-refractivity contribution is -0.142. The number of ether oxygens (including phenoxy) is 3. The van der Waals surface area contributed by atoms with Crippen molar-refractivity contribution in [3.05, 3.63) is 63.9 Å². The number of carbonyl (C=O) groups excluding carboxylic acids is 1. The lowest BCUT2D eigenvalue weighted by Crippen LogP contribution is -2.16. The first-order valence-electron chi connectivity index (χ1n) is 7.36. The van der Waals surface area contributed by atoms with Crippen molar-refractivity contribution in [1.82, 2.24) is 4.98 Å². The van der Waals surface area contributed by atoms with E-state index in [4.69, 9.17) is 21.1 Å². The van der Waals surface area contributed by atoms with Gasteiger partial charge in [-0.3, -0.25) is 4.79 Å². The second kappa shape index (κ2) is 7.27. The minimum atomic E-state index is -0.576. The van der Waals surface area contributed by atoms with Crippen LogP contribution in [0.3, 0.4) is 0 Å². The number of benzene rings is 2. The fraction of sp³-hybridized carbons (Fsp3) is 0.111. The second-order valence-electron chi connectivity index (χ2n) is 5.08. The van der Waals surface area contributed by atoms with Gasteiger partial charge in [-0.25, -0.2) is 4.79 Å². The summed E-state index contributed by atoms with van der Waals surface area (Å²) in [5.74, 6) is -0.0214. The number of aromatic nitrogens is 1. The van der Waals surface area contributed by atoms with Crippen LogP contribution in [-0.2, 0) is 9.53 Å². The summed E-state index contributed by atoms with van der Waals surface area (Å²) < 4.78 is 15.8. The number of carbonyl (C=O) groups is 1. The molecule has 25 heavy (non-hydrogen) atoms. The molecule has 128 valence electrons. The van der Waals surface area contributed by atoms with Crippen LogP contribution in [0.25, 0.3) is 10.9 Å². The molecule has 0 atom stereocenters. The second-order valence-corrected chi connectivity index (χ2v) is 5.52. The molecule has 6 nitrogen and oxygen atoms in total. The monoisotopic (exact) mass is 359 g/mol. The van der Waals surface area contributed by atoms with Gasteiger partial charge in [-0.15, -0.1) is 0 Å². The van der Waals surface area contributed by atoms with Crippen molar-refractivity contribution in [2.24, 2.45) is 0 Å². The van der Waals surface area contributed by atoms with E-state index >= 15 is 0 Å². The topological polar surface area (TPSA) is 77.6 Å². The predicted octanol–water partition coefficient (Wildman–Crippen LogP) is 3.53. The number of nitrogens with one attached hydrogen (secondary N) is 1. The Kier molecular flexibility index (Phi) is 4.90. The number of H-pyrrole nitrogens is 1. The summed E-state index contributed by atoms with van der Waals surface area (Å²) in [7, 11) is 1.25. The van der Waals surface area contributed by atoms with Gasteiger partial charge in [0.05, 0.1) is 12.6 Å². The number of fused-ring (bicyclic) bond motifs is 1. The number of hydrogen-bond acceptors (Lipinski definition) is 5. The fourth-order valence-corrected chi connectivity index (χ4v) is 2.43. The van der Waals surface area contributed by atoms with Crippen molar-refractivity contribution in [3.8, 4) is 17.2 Å². The number of methoxy groups -OCH3 is 1. The van der Waals surface area contributed by atoms with E-state index in [0.29, 0.717) is 21.7 Å². The van der Waals surface area contributed by atoms with E-state index in [9.17, 15) is 9.59 Å². The molecule has 3 aromatic rings. The molecule has 0 aliphatic heterocycles. The maximum absolute atomic E-state index is 12.5. The highest BCUT2D eigenvalue weighted by atomic mass is 35.5. The Bertz CT molecular complexity index is 968. The van der Waals surface area contributed by atoms with Crippen molar-refractivity contribution in [2.75, 3.05) is 13.7 Å². The van der Waals surface area contributed by atoms with E-state index in [1.165, 1.54) is 7.11 Å². The molecule has 0 saturated heterocycles. The molecule has 2 aromatic carbocycles. The number of esters is 1. The van der Waals surface area contributed by atoms with Gasteiger partial charge in [-0.05, 0) is 30.3 Å². The third-order valence-electron chi connectivity index (χ3n) is 3.41. The molecule has 0 bridgehead atoms. The van der Waals surface area contributed by atoms with Crippen molar-refractivity contribution >= 4 is 28.5 Å². The summed E-state index contributed by atoms with van der Waals surface area (Å²) in [4.78, 5) is 26.6. The number of rotatable bonds is 5. The van der Waals surface area contributed by atoms with Crippen LogP contribution in [0.15, 0.2) is 53.3 Å². The maximum Gasteiger partial charge on any atom is 0.343 e. The summed E-state index contributed by atoms with van der Waals surface area (Å²) in [6.07, 6.45) is 0. The Morgan fingerprint density at radius 3 is 2.60 bits per heavy atom. The lowest BCUT2D eigenvalue weighted by atomic mass is 10.2. The Hall–Kier alpha value is -2.99. The molecule has 1 N–H and O–H groups in total. The molecule has 0 aliphatic rings. The molecule has 0 spiro atoms. The number of para-hydroxylation sites is 1. The van der Waals surface area contributed by atoms with Gasteiger partial charge in [0.25, 0.3) is 5.56 Å². The molecular formula is C18H14ClNO5. The summed E-state index contributed by atoms with van der Waals surface area (Å²) in [6, 6.07) is 13.7. The highest BCUT2D eigenvalue weighted by Gasteiger charge is 2.18. The summed E-state index contributed by atoms with van der Waals surface area (Å²) in [5, 5.41) is 1.01. The Labute approximate surface area is 147 Å². The van der Waals surface area contributed by atoms with E-state index in [-0.39, 0.29) is 18.1 Å². The minimum absolute atomic E-state index is 0.0510. The normalized spacial score (nSPS) is 10.5. The van der Waals surface area contributed by atoms with Crippen LogP contribution < -0.4 is 15.0 Å². The van der Waals surface area contributed by atoms with Crippen molar-refractivity contribution < 1.29 is 19.0 Å². The van der Waals surface area contributed by atoms with Crippen LogP contribution in [0.4, 0.5) is 0 Å². The molecule has 0 radical (unpaired) electrons. The van der Waals surface area contributed by atoms with Gasteiger partial charge in [0.15, 0.2) is 12.4 Å². The SMILES string of the molecule is COC(=O)COc1c(Oc2ccccc2)c(=O)[nH]c2cc(Cl)ccc12. The van der Waals surface area contributed by atoms with E-state index < -0.39 is 11.5 Å². The van der Waals surface area contributed by atoms with Gasteiger partial charge in [0, 0.05) is 10.4 Å². The molecule has 0 saturated carbocycles. The Morgan fingerprint density at radius 1 is 1.12 bits per heavy atom. The zero-order valence-electron chi connectivity index (χ0n) is 13.2. The van der Waals surface area contributed by atoms with Crippen LogP contribution in [0.5, 0.6) is 17.2 Å². The average Bonchev–Trinajstić information content (AvgIpc) is 2.62.